The van der Waals surface area contributed by atoms with E-state index in [2.05, 4.69) is 57.0 Å². The van der Waals surface area contributed by atoms with E-state index < -0.39 is 0 Å². The van der Waals surface area contributed by atoms with Crippen molar-refractivity contribution in [2.24, 2.45) is 0 Å². The summed E-state index contributed by atoms with van der Waals surface area (Å²) in [6.07, 6.45) is 2.99. The van der Waals surface area contributed by atoms with Crippen molar-refractivity contribution in [3.05, 3.63) is 41.5 Å². The van der Waals surface area contributed by atoms with Crippen molar-refractivity contribution in [1.82, 2.24) is 20.1 Å². The van der Waals surface area contributed by atoms with E-state index in [-0.39, 0.29) is 0 Å². The standard InChI is InChI=1S/C16H23N5/c1-3-6-17-10-14-9-13(2)4-5-15(14)20-7-8-21-12-18-19-16(21)11-20/h4-5,9,12,17H,3,6-8,10-11H2,1-2H3. The summed E-state index contributed by atoms with van der Waals surface area (Å²) < 4.78 is 2.14. The highest BCUT2D eigenvalue weighted by molar-refractivity contribution is 5.55. The maximum absolute atomic E-state index is 4.21. The van der Waals surface area contributed by atoms with Gasteiger partial charge in [0.25, 0.3) is 0 Å². The third-order valence-corrected chi connectivity index (χ3v) is 3.96. The molecule has 112 valence electrons. The molecular formula is C16H23N5. The molecule has 21 heavy (non-hydrogen) atoms. The van der Waals surface area contributed by atoms with Gasteiger partial charge in [0.1, 0.15) is 6.33 Å². The van der Waals surface area contributed by atoms with Gasteiger partial charge in [-0.2, -0.15) is 0 Å². The summed E-state index contributed by atoms with van der Waals surface area (Å²) in [5.74, 6) is 1.05. The number of aryl methyl sites for hydroxylation is 1. The number of benzene rings is 1. The first kappa shape index (κ1) is 14.1. The molecular weight excluding hydrogens is 262 g/mol. The van der Waals surface area contributed by atoms with Crippen LogP contribution >= 0.6 is 0 Å². The molecule has 1 aliphatic rings. The van der Waals surface area contributed by atoms with E-state index in [1.54, 1.807) is 0 Å². The predicted molar refractivity (Wildman–Crippen MR) is 84.2 cm³/mol. The minimum atomic E-state index is 0.837. The molecule has 0 radical (unpaired) electrons. The number of hydrogen-bond acceptors (Lipinski definition) is 4. The van der Waals surface area contributed by atoms with E-state index in [0.29, 0.717) is 0 Å². The lowest BCUT2D eigenvalue weighted by molar-refractivity contribution is 0.557. The summed E-state index contributed by atoms with van der Waals surface area (Å²) in [7, 11) is 0. The van der Waals surface area contributed by atoms with E-state index in [9.17, 15) is 0 Å². The van der Waals surface area contributed by atoms with Crippen LogP contribution in [0.4, 0.5) is 5.69 Å². The molecule has 1 aromatic carbocycles. The fourth-order valence-corrected chi connectivity index (χ4v) is 2.84. The predicted octanol–water partition coefficient (Wildman–Crippen LogP) is 2.11. The molecule has 0 fully saturated rings. The number of rotatable bonds is 5. The van der Waals surface area contributed by atoms with E-state index in [1.165, 1.54) is 16.8 Å². The molecule has 0 spiro atoms. The molecule has 1 N–H and O–H groups in total. The van der Waals surface area contributed by atoms with Crippen molar-refractivity contribution in [2.45, 2.75) is 39.9 Å². The van der Waals surface area contributed by atoms with Crippen molar-refractivity contribution in [2.75, 3.05) is 18.0 Å². The summed E-state index contributed by atoms with van der Waals surface area (Å²) in [5.41, 5.74) is 4.00. The fraction of sp³-hybridized carbons (Fsp3) is 0.500. The zero-order valence-corrected chi connectivity index (χ0v) is 12.8. The Balaban J connectivity index is 1.81. The lowest BCUT2D eigenvalue weighted by Crippen LogP contribution is -2.34. The normalized spacial score (nSPS) is 14.3. The molecule has 1 aliphatic heterocycles. The number of fused-ring (bicyclic) bond motifs is 1. The van der Waals surface area contributed by atoms with Crippen LogP contribution in [-0.2, 0) is 19.6 Å². The number of nitrogens with one attached hydrogen (secondary N) is 1. The van der Waals surface area contributed by atoms with Crippen molar-refractivity contribution in [3.63, 3.8) is 0 Å². The smallest absolute Gasteiger partial charge is 0.152 e. The van der Waals surface area contributed by atoms with E-state index in [0.717, 1.165) is 45.0 Å². The topological polar surface area (TPSA) is 46.0 Å². The molecule has 0 saturated carbocycles. The van der Waals surface area contributed by atoms with Gasteiger partial charge >= 0.3 is 0 Å². The second-order valence-electron chi connectivity index (χ2n) is 5.67. The highest BCUT2D eigenvalue weighted by Gasteiger charge is 2.19. The Morgan fingerprint density at radius 3 is 3.05 bits per heavy atom. The summed E-state index contributed by atoms with van der Waals surface area (Å²) in [5, 5.41) is 11.7. The highest BCUT2D eigenvalue weighted by Crippen LogP contribution is 2.25. The molecule has 0 unspecified atom stereocenters. The van der Waals surface area contributed by atoms with Gasteiger partial charge in [0, 0.05) is 25.3 Å². The van der Waals surface area contributed by atoms with E-state index in [1.807, 2.05) is 6.33 Å². The van der Waals surface area contributed by atoms with Crippen LogP contribution in [0.1, 0.15) is 30.3 Å². The van der Waals surface area contributed by atoms with Gasteiger partial charge in [0.05, 0.1) is 6.54 Å². The van der Waals surface area contributed by atoms with Crippen molar-refractivity contribution in [3.8, 4) is 0 Å². The Morgan fingerprint density at radius 1 is 1.29 bits per heavy atom. The average molecular weight is 285 g/mol. The maximum Gasteiger partial charge on any atom is 0.152 e. The van der Waals surface area contributed by atoms with Gasteiger partial charge in [-0.1, -0.05) is 24.6 Å². The minimum Gasteiger partial charge on any atom is -0.362 e. The molecule has 0 amide bonds. The lowest BCUT2D eigenvalue weighted by atomic mass is 10.1. The van der Waals surface area contributed by atoms with Crippen molar-refractivity contribution < 1.29 is 0 Å². The SMILES string of the molecule is CCCNCc1cc(C)ccc1N1CCn2cnnc2C1. The van der Waals surface area contributed by atoms with E-state index in [4.69, 9.17) is 0 Å². The van der Waals surface area contributed by atoms with Gasteiger partial charge in [-0.15, -0.1) is 10.2 Å². The number of hydrogen-bond donors (Lipinski definition) is 1. The first-order chi connectivity index (χ1) is 10.3. The molecule has 0 saturated heterocycles. The molecule has 3 rings (SSSR count). The van der Waals surface area contributed by atoms with E-state index >= 15 is 0 Å². The largest absolute Gasteiger partial charge is 0.362 e. The van der Waals surface area contributed by atoms with Crippen LogP contribution in [0.5, 0.6) is 0 Å². The lowest BCUT2D eigenvalue weighted by Gasteiger charge is -2.31. The molecule has 0 bridgehead atoms. The zero-order valence-electron chi connectivity index (χ0n) is 12.8. The Hall–Kier alpha value is -1.88. The number of aromatic nitrogens is 3. The van der Waals surface area contributed by atoms with Crippen LogP contribution in [0.15, 0.2) is 24.5 Å². The average Bonchev–Trinajstić information content (AvgIpc) is 2.95. The van der Waals surface area contributed by atoms with Gasteiger partial charge in [-0.05, 0) is 31.5 Å². The minimum absolute atomic E-state index is 0.837. The first-order valence-corrected chi connectivity index (χ1v) is 7.70. The summed E-state index contributed by atoms with van der Waals surface area (Å²) >= 11 is 0. The zero-order chi connectivity index (χ0) is 14.7. The molecule has 0 aliphatic carbocycles. The molecule has 5 nitrogen and oxygen atoms in total. The summed E-state index contributed by atoms with van der Waals surface area (Å²) in [4.78, 5) is 2.41. The van der Waals surface area contributed by atoms with Crippen LogP contribution in [0.25, 0.3) is 0 Å². The quantitative estimate of drug-likeness (QED) is 0.855. The third kappa shape index (κ3) is 3.08. The second kappa shape index (κ2) is 6.26. The van der Waals surface area contributed by atoms with Gasteiger partial charge in [0.15, 0.2) is 5.82 Å². The van der Waals surface area contributed by atoms with Crippen LogP contribution in [0.2, 0.25) is 0 Å². The molecule has 0 atom stereocenters. The van der Waals surface area contributed by atoms with Gasteiger partial charge in [-0.25, -0.2) is 0 Å². The van der Waals surface area contributed by atoms with Crippen LogP contribution in [-0.4, -0.2) is 27.9 Å². The summed E-state index contributed by atoms with van der Waals surface area (Å²) in [6.45, 7) is 9.13. The molecule has 2 aromatic rings. The van der Waals surface area contributed by atoms with Gasteiger partial charge in [-0.3, -0.25) is 0 Å². The number of nitrogens with zero attached hydrogens (tertiary/aromatic N) is 4. The van der Waals surface area contributed by atoms with Crippen LogP contribution in [0, 0.1) is 6.92 Å². The highest BCUT2D eigenvalue weighted by atomic mass is 15.3. The number of anilines is 1. The van der Waals surface area contributed by atoms with Gasteiger partial charge < -0.3 is 14.8 Å². The Kier molecular flexibility index (Phi) is 4.20. The Labute approximate surface area is 126 Å². The van der Waals surface area contributed by atoms with Crippen LogP contribution in [0.3, 0.4) is 0 Å². The van der Waals surface area contributed by atoms with Crippen molar-refractivity contribution >= 4 is 5.69 Å². The maximum atomic E-state index is 4.21. The molecule has 1 aromatic heterocycles. The summed E-state index contributed by atoms with van der Waals surface area (Å²) in [6, 6.07) is 6.72. The van der Waals surface area contributed by atoms with Crippen LogP contribution < -0.4 is 10.2 Å². The Morgan fingerprint density at radius 2 is 2.19 bits per heavy atom. The third-order valence-electron chi connectivity index (χ3n) is 3.96. The Bertz CT molecular complexity index is 604. The first-order valence-electron chi connectivity index (χ1n) is 7.70. The van der Waals surface area contributed by atoms with Crippen molar-refractivity contribution in [1.29, 1.82) is 0 Å². The fourth-order valence-electron chi connectivity index (χ4n) is 2.84. The molecule has 2 heterocycles. The second-order valence-corrected chi connectivity index (χ2v) is 5.67. The molecule has 5 heteroatoms. The van der Waals surface area contributed by atoms with Gasteiger partial charge in [0.2, 0.25) is 0 Å². The monoisotopic (exact) mass is 285 g/mol.